The van der Waals surface area contributed by atoms with Crippen LogP contribution in [-0.2, 0) is 0 Å². The number of rotatable bonds is 1. The molecule has 0 unspecified atom stereocenters. The summed E-state index contributed by atoms with van der Waals surface area (Å²) in [6, 6.07) is 0. The molecule has 0 aromatic carbocycles. The van der Waals surface area contributed by atoms with Crippen molar-refractivity contribution >= 4 is 12.1 Å². The van der Waals surface area contributed by atoms with Crippen LogP contribution in [0.25, 0.3) is 0 Å². The first-order valence-electron chi connectivity index (χ1n) is 3.70. The molecule has 0 saturated carbocycles. The Balaban J connectivity index is 4.61. The van der Waals surface area contributed by atoms with Gasteiger partial charge in [0.15, 0.2) is 0 Å². The summed E-state index contributed by atoms with van der Waals surface area (Å²) in [5.74, 6) is 0.815. The SMILES string of the molecule is C=C/N=C(\N=C/C)C(C)(C)C. The molecule has 0 rings (SSSR count). The van der Waals surface area contributed by atoms with Gasteiger partial charge in [-0.05, 0) is 6.92 Å². The van der Waals surface area contributed by atoms with E-state index in [-0.39, 0.29) is 5.41 Å². The second-order valence-electron chi connectivity index (χ2n) is 3.27. The van der Waals surface area contributed by atoms with E-state index < -0.39 is 0 Å². The van der Waals surface area contributed by atoms with Gasteiger partial charge in [0, 0.05) is 17.8 Å². The van der Waals surface area contributed by atoms with Gasteiger partial charge in [0.05, 0.1) is 0 Å². The van der Waals surface area contributed by atoms with E-state index in [0.717, 1.165) is 5.84 Å². The van der Waals surface area contributed by atoms with E-state index in [0.29, 0.717) is 0 Å². The molecule has 0 atom stereocenters. The average molecular weight is 152 g/mol. The highest BCUT2D eigenvalue weighted by Crippen LogP contribution is 2.16. The van der Waals surface area contributed by atoms with Crippen LogP contribution >= 0.6 is 0 Å². The van der Waals surface area contributed by atoms with Gasteiger partial charge in [-0.2, -0.15) is 0 Å². The van der Waals surface area contributed by atoms with E-state index in [9.17, 15) is 0 Å². The quantitative estimate of drug-likeness (QED) is 0.407. The van der Waals surface area contributed by atoms with Crippen LogP contribution in [0.1, 0.15) is 27.7 Å². The molecule has 0 aliphatic carbocycles. The lowest BCUT2D eigenvalue weighted by Gasteiger charge is -2.16. The predicted molar refractivity (Wildman–Crippen MR) is 51.3 cm³/mol. The van der Waals surface area contributed by atoms with E-state index in [2.05, 4.69) is 37.3 Å². The molecule has 62 valence electrons. The van der Waals surface area contributed by atoms with E-state index in [4.69, 9.17) is 0 Å². The van der Waals surface area contributed by atoms with Gasteiger partial charge >= 0.3 is 0 Å². The molecule has 0 heterocycles. The Kier molecular flexibility index (Phi) is 3.72. The minimum atomic E-state index is 0.000694. The number of hydrogen-bond donors (Lipinski definition) is 0. The number of nitrogens with zero attached hydrogens (tertiary/aromatic N) is 2. The molecule has 0 aromatic rings. The largest absolute Gasteiger partial charge is 0.246 e. The summed E-state index contributed by atoms with van der Waals surface area (Å²) >= 11 is 0. The van der Waals surface area contributed by atoms with Gasteiger partial charge in [-0.15, -0.1) is 0 Å². The van der Waals surface area contributed by atoms with Gasteiger partial charge in [-0.1, -0.05) is 27.4 Å². The Bertz CT molecular complexity index is 182. The van der Waals surface area contributed by atoms with Gasteiger partial charge in [0.1, 0.15) is 5.84 Å². The lowest BCUT2D eigenvalue weighted by Crippen LogP contribution is -2.17. The molecule has 0 aliphatic heterocycles. The molecule has 0 aliphatic rings. The first kappa shape index (κ1) is 10.1. The van der Waals surface area contributed by atoms with Crippen LogP contribution in [0.5, 0.6) is 0 Å². The van der Waals surface area contributed by atoms with Crippen LogP contribution in [0, 0.1) is 5.41 Å². The van der Waals surface area contributed by atoms with E-state index in [1.54, 1.807) is 6.21 Å². The van der Waals surface area contributed by atoms with Crippen molar-refractivity contribution in [1.29, 1.82) is 0 Å². The van der Waals surface area contributed by atoms with Crippen LogP contribution in [-0.4, -0.2) is 12.1 Å². The van der Waals surface area contributed by atoms with Crippen LogP contribution in [0.15, 0.2) is 22.8 Å². The third-order valence-electron chi connectivity index (χ3n) is 1.14. The summed E-state index contributed by atoms with van der Waals surface area (Å²) in [7, 11) is 0. The van der Waals surface area contributed by atoms with Crippen molar-refractivity contribution in [1.82, 2.24) is 0 Å². The predicted octanol–water partition coefficient (Wildman–Crippen LogP) is 2.67. The zero-order chi connectivity index (χ0) is 8.91. The van der Waals surface area contributed by atoms with Gasteiger partial charge in [-0.25, -0.2) is 9.98 Å². The third-order valence-corrected chi connectivity index (χ3v) is 1.14. The van der Waals surface area contributed by atoms with Crippen LogP contribution in [0.3, 0.4) is 0 Å². The van der Waals surface area contributed by atoms with Crippen molar-refractivity contribution < 1.29 is 0 Å². The molecule has 0 N–H and O–H groups in total. The Hall–Kier alpha value is -0.920. The molecule has 2 heteroatoms. The lowest BCUT2D eigenvalue weighted by atomic mass is 9.95. The highest BCUT2D eigenvalue weighted by atomic mass is 14.9. The normalized spacial score (nSPS) is 14.0. The first-order valence-corrected chi connectivity index (χ1v) is 3.70. The fourth-order valence-electron chi connectivity index (χ4n) is 0.629. The summed E-state index contributed by atoms with van der Waals surface area (Å²) < 4.78 is 0. The van der Waals surface area contributed by atoms with Crippen LogP contribution in [0.2, 0.25) is 0 Å². The molecule has 0 radical (unpaired) electrons. The molecule has 0 amide bonds. The maximum atomic E-state index is 4.14. The summed E-state index contributed by atoms with van der Waals surface area (Å²) in [4.78, 5) is 8.21. The van der Waals surface area contributed by atoms with Gasteiger partial charge < -0.3 is 0 Å². The molecular formula is C9H16N2. The summed E-state index contributed by atoms with van der Waals surface area (Å²) in [5, 5.41) is 0. The lowest BCUT2D eigenvalue weighted by molar-refractivity contribution is 0.585. The van der Waals surface area contributed by atoms with E-state index in [1.807, 2.05) is 6.92 Å². The average Bonchev–Trinajstić information content (AvgIpc) is 1.85. The van der Waals surface area contributed by atoms with Gasteiger partial charge in [-0.3, -0.25) is 0 Å². The summed E-state index contributed by atoms with van der Waals surface area (Å²) in [6.45, 7) is 11.6. The fourth-order valence-corrected chi connectivity index (χ4v) is 0.629. The third kappa shape index (κ3) is 3.71. The summed E-state index contributed by atoms with van der Waals surface area (Å²) in [5.41, 5.74) is 0.000694. The molecule has 2 nitrogen and oxygen atoms in total. The topological polar surface area (TPSA) is 24.7 Å². The van der Waals surface area contributed by atoms with Crippen molar-refractivity contribution in [2.75, 3.05) is 0 Å². The zero-order valence-corrected chi connectivity index (χ0v) is 7.76. The Labute approximate surface area is 68.8 Å². The highest BCUT2D eigenvalue weighted by molar-refractivity contribution is 5.93. The van der Waals surface area contributed by atoms with E-state index >= 15 is 0 Å². The van der Waals surface area contributed by atoms with E-state index in [1.165, 1.54) is 6.20 Å². The Morgan fingerprint density at radius 2 is 1.91 bits per heavy atom. The second kappa shape index (κ2) is 4.06. The van der Waals surface area contributed by atoms with Crippen molar-refractivity contribution in [2.45, 2.75) is 27.7 Å². The maximum Gasteiger partial charge on any atom is 0.133 e. The smallest absolute Gasteiger partial charge is 0.133 e. The molecule has 0 fully saturated rings. The first-order chi connectivity index (χ1) is 5.02. The maximum absolute atomic E-state index is 4.14. The van der Waals surface area contributed by atoms with Crippen LogP contribution < -0.4 is 0 Å². The second-order valence-corrected chi connectivity index (χ2v) is 3.27. The number of amidine groups is 1. The molecule has 11 heavy (non-hydrogen) atoms. The van der Waals surface area contributed by atoms with Crippen molar-refractivity contribution in [2.24, 2.45) is 15.4 Å². The Morgan fingerprint density at radius 3 is 2.18 bits per heavy atom. The minimum Gasteiger partial charge on any atom is -0.246 e. The van der Waals surface area contributed by atoms with Crippen molar-refractivity contribution in [3.63, 3.8) is 0 Å². The minimum absolute atomic E-state index is 0.000694. The number of hydrogen-bond acceptors (Lipinski definition) is 1. The van der Waals surface area contributed by atoms with Crippen molar-refractivity contribution in [3.8, 4) is 0 Å². The molecule has 0 saturated heterocycles. The molecular weight excluding hydrogens is 136 g/mol. The monoisotopic (exact) mass is 152 g/mol. The Morgan fingerprint density at radius 1 is 1.36 bits per heavy atom. The molecule has 0 aromatic heterocycles. The standard InChI is InChI=1S/C9H16N2/c1-6-10-8(11-7-2)9(3,4)5/h6-7H,1H2,2-5H3/b10-8-,11-7-. The molecule has 0 bridgehead atoms. The van der Waals surface area contributed by atoms with Crippen LogP contribution in [0.4, 0.5) is 0 Å². The summed E-state index contributed by atoms with van der Waals surface area (Å²) in [6.07, 6.45) is 3.27. The highest BCUT2D eigenvalue weighted by Gasteiger charge is 2.16. The van der Waals surface area contributed by atoms with Gasteiger partial charge in [0.25, 0.3) is 0 Å². The van der Waals surface area contributed by atoms with Gasteiger partial charge in [0.2, 0.25) is 0 Å². The molecule has 0 spiro atoms. The zero-order valence-electron chi connectivity index (χ0n) is 7.76. The fraction of sp³-hybridized carbons (Fsp3) is 0.556. The van der Waals surface area contributed by atoms with Crippen molar-refractivity contribution in [3.05, 3.63) is 12.8 Å². The number of aliphatic imine (C=N–C) groups is 2.